The van der Waals surface area contributed by atoms with Crippen molar-refractivity contribution in [3.63, 3.8) is 0 Å². The molecule has 0 aliphatic rings. The van der Waals surface area contributed by atoms with E-state index in [-0.39, 0.29) is 5.91 Å². The molecule has 1 amide bonds. The van der Waals surface area contributed by atoms with Gasteiger partial charge in [0.15, 0.2) is 0 Å². The minimum absolute atomic E-state index is 0.139. The fourth-order valence-corrected chi connectivity index (χ4v) is 1.90. The Hall–Kier alpha value is -1.88. The van der Waals surface area contributed by atoms with Gasteiger partial charge < -0.3 is 9.64 Å². The molecule has 0 heterocycles. The summed E-state index contributed by atoms with van der Waals surface area (Å²) in [5.74, 6) is -0.139. The van der Waals surface area contributed by atoms with Gasteiger partial charge in [0.2, 0.25) is 5.91 Å². The average Bonchev–Trinajstić information content (AvgIpc) is 2.50. The molecule has 0 atom stereocenters. The third kappa shape index (κ3) is 6.40. The van der Waals surface area contributed by atoms with Gasteiger partial charge in [-0.1, -0.05) is 12.1 Å². The van der Waals surface area contributed by atoms with Gasteiger partial charge in [-0.05, 0) is 38.5 Å². The monoisotopic (exact) mass is 291 g/mol. The highest BCUT2D eigenvalue weighted by molar-refractivity contribution is 5.82. The van der Waals surface area contributed by atoms with Crippen molar-refractivity contribution in [2.75, 3.05) is 31.2 Å². The van der Waals surface area contributed by atoms with E-state index in [4.69, 9.17) is 4.74 Å². The molecule has 1 aromatic rings. The number of carbonyl (C=O) groups excluding carboxylic acids is 1. The lowest BCUT2D eigenvalue weighted by atomic mass is 10.2. The molecule has 1 N–H and O–H groups in total. The molecule has 0 saturated carbocycles. The van der Waals surface area contributed by atoms with E-state index in [0.29, 0.717) is 19.6 Å². The Kier molecular flexibility index (Phi) is 8.12. The van der Waals surface area contributed by atoms with Crippen molar-refractivity contribution in [1.82, 2.24) is 5.43 Å². The summed E-state index contributed by atoms with van der Waals surface area (Å²) in [5.41, 5.74) is 4.64. The van der Waals surface area contributed by atoms with E-state index in [1.807, 2.05) is 19.1 Å². The van der Waals surface area contributed by atoms with Crippen molar-refractivity contribution >= 4 is 17.8 Å². The maximum atomic E-state index is 11.4. The van der Waals surface area contributed by atoms with Crippen LogP contribution in [0.15, 0.2) is 29.4 Å². The molecule has 0 spiro atoms. The van der Waals surface area contributed by atoms with Crippen LogP contribution in [0.2, 0.25) is 0 Å². The Morgan fingerprint density at radius 3 is 2.48 bits per heavy atom. The minimum Gasteiger partial charge on any atom is -0.381 e. The number of rotatable bonds is 9. The highest BCUT2D eigenvalue weighted by Crippen LogP contribution is 2.13. The van der Waals surface area contributed by atoms with Crippen LogP contribution in [-0.2, 0) is 9.53 Å². The van der Waals surface area contributed by atoms with Crippen molar-refractivity contribution in [2.24, 2.45) is 5.10 Å². The maximum Gasteiger partial charge on any atom is 0.242 e. The highest BCUT2D eigenvalue weighted by Gasteiger charge is 2.01. The summed E-state index contributed by atoms with van der Waals surface area (Å²) < 4.78 is 5.11. The van der Waals surface area contributed by atoms with Crippen LogP contribution < -0.4 is 10.3 Å². The number of anilines is 1. The number of ether oxygens (including phenoxy) is 1. The number of amides is 1. The van der Waals surface area contributed by atoms with Gasteiger partial charge in [-0.25, -0.2) is 5.43 Å². The first-order valence-corrected chi connectivity index (χ1v) is 7.45. The van der Waals surface area contributed by atoms with E-state index < -0.39 is 0 Å². The van der Waals surface area contributed by atoms with Crippen LogP contribution in [0.3, 0.4) is 0 Å². The molecule has 0 aliphatic carbocycles. The average molecular weight is 291 g/mol. The Labute approximate surface area is 127 Å². The van der Waals surface area contributed by atoms with Crippen LogP contribution in [-0.4, -0.2) is 38.4 Å². The maximum absolute atomic E-state index is 11.4. The SMILES string of the molecule is CCOCCC(=O)N/N=C/c1ccc(N(CC)CC)cc1. The van der Waals surface area contributed by atoms with Gasteiger partial charge in [-0.15, -0.1) is 0 Å². The van der Waals surface area contributed by atoms with E-state index in [1.165, 1.54) is 5.69 Å². The number of hydrogen-bond donors (Lipinski definition) is 1. The van der Waals surface area contributed by atoms with E-state index in [2.05, 4.69) is 41.4 Å². The summed E-state index contributed by atoms with van der Waals surface area (Å²) >= 11 is 0. The van der Waals surface area contributed by atoms with Crippen LogP contribution in [0, 0.1) is 0 Å². The summed E-state index contributed by atoms with van der Waals surface area (Å²) in [7, 11) is 0. The predicted molar refractivity (Wildman–Crippen MR) is 86.8 cm³/mol. The largest absolute Gasteiger partial charge is 0.381 e. The molecular weight excluding hydrogens is 266 g/mol. The summed E-state index contributed by atoms with van der Waals surface area (Å²) in [6.07, 6.45) is 1.97. The molecule has 116 valence electrons. The molecule has 1 rings (SSSR count). The van der Waals surface area contributed by atoms with Crippen molar-refractivity contribution in [2.45, 2.75) is 27.2 Å². The van der Waals surface area contributed by atoms with E-state index in [9.17, 15) is 4.79 Å². The Morgan fingerprint density at radius 1 is 1.24 bits per heavy atom. The number of hydrogen-bond acceptors (Lipinski definition) is 4. The van der Waals surface area contributed by atoms with Crippen LogP contribution in [0.4, 0.5) is 5.69 Å². The number of hydrazone groups is 1. The van der Waals surface area contributed by atoms with Gasteiger partial charge in [0, 0.05) is 25.4 Å². The topological polar surface area (TPSA) is 53.9 Å². The van der Waals surface area contributed by atoms with E-state index >= 15 is 0 Å². The zero-order chi connectivity index (χ0) is 15.5. The van der Waals surface area contributed by atoms with E-state index in [1.54, 1.807) is 6.21 Å². The Morgan fingerprint density at radius 2 is 1.90 bits per heavy atom. The van der Waals surface area contributed by atoms with Gasteiger partial charge in [-0.2, -0.15) is 5.10 Å². The van der Waals surface area contributed by atoms with Crippen LogP contribution in [0.1, 0.15) is 32.8 Å². The van der Waals surface area contributed by atoms with Gasteiger partial charge in [0.25, 0.3) is 0 Å². The zero-order valence-corrected chi connectivity index (χ0v) is 13.1. The predicted octanol–water partition coefficient (Wildman–Crippen LogP) is 2.41. The van der Waals surface area contributed by atoms with E-state index in [0.717, 1.165) is 18.7 Å². The zero-order valence-electron chi connectivity index (χ0n) is 13.1. The number of nitrogens with one attached hydrogen (secondary N) is 1. The molecule has 0 aliphatic heterocycles. The number of carbonyl (C=O) groups is 1. The molecule has 21 heavy (non-hydrogen) atoms. The summed E-state index contributed by atoms with van der Waals surface area (Å²) in [6.45, 7) is 9.19. The first kappa shape index (κ1) is 17.2. The van der Waals surface area contributed by atoms with Crippen LogP contribution >= 0.6 is 0 Å². The van der Waals surface area contributed by atoms with Gasteiger partial charge >= 0.3 is 0 Å². The molecule has 0 aromatic heterocycles. The molecule has 5 heteroatoms. The smallest absolute Gasteiger partial charge is 0.242 e. The summed E-state index contributed by atoms with van der Waals surface area (Å²) in [4.78, 5) is 13.7. The quantitative estimate of drug-likeness (QED) is 0.432. The summed E-state index contributed by atoms with van der Waals surface area (Å²) in [6, 6.07) is 8.10. The Balaban J connectivity index is 2.44. The lowest BCUT2D eigenvalue weighted by molar-refractivity contribution is -0.122. The van der Waals surface area contributed by atoms with Crippen LogP contribution in [0.5, 0.6) is 0 Å². The van der Waals surface area contributed by atoms with Crippen molar-refractivity contribution in [3.8, 4) is 0 Å². The molecule has 0 bridgehead atoms. The first-order chi connectivity index (χ1) is 10.2. The van der Waals surface area contributed by atoms with Crippen LogP contribution in [0.25, 0.3) is 0 Å². The third-order valence-corrected chi connectivity index (χ3v) is 3.10. The number of nitrogens with zero attached hydrogens (tertiary/aromatic N) is 2. The van der Waals surface area contributed by atoms with Crippen molar-refractivity contribution in [3.05, 3.63) is 29.8 Å². The van der Waals surface area contributed by atoms with Gasteiger partial charge in [0.1, 0.15) is 0 Å². The van der Waals surface area contributed by atoms with Gasteiger partial charge in [0.05, 0.1) is 19.2 Å². The fraction of sp³-hybridized carbons (Fsp3) is 0.500. The second-order valence-electron chi connectivity index (χ2n) is 4.50. The lowest BCUT2D eigenvalue weighted by Gasteiger charge is -2.20. The standard InChI is InChI=1S/C16H25N3O2/c1-4-19(5-2)15-9-7-14(8-10-15)13-17-18-16(20)11-12-21-6-3/h7-10,13H,4-6,11-12H2,1-3H3,(H,18,20)/b17-13+. The molecule has 0 radical (unpaired) electrons. The Bertz CT molecular complexity index is 439. The third-order valence-electron chi connectivity index (χ3n) is 3.10. The number of benzene rings is 1. The lowest BCUT2D eigenvalue weighted by Crippen LogP contribution is -2.21. The molecule has 1 aromatic carbocycles. The fourth-order valence-electron chi connectivity index (χ4n) is 1.90. The molecule has 0 fully saturated rings. The summed E-state index contributed by atoms with van der Waals surface area (Å²) in [5, 5.41) is 3.94. The molecule has 0 unspecified atom stereocenters. The second kappa shape index (κ2) is 9.94. The highest BCUT2D eigenvalue weighted by atomic mass is 16.5. The normalized spacial score (nSPS) is 10.8. The molecular formula is C16H25N3O2. The molecule has 5 nitrogen and oxygen atoms in total. The van der Waals surface area contributed by atoms with Crippen molar-refractivity contribution < 1.29 is 9.53 Å². The first-order valence-electron chi connectivity index (χ1n) is 7.45. The minimum atomic E-state index is -0.139. The van der Waals surface area contributed by atoms with Crippen molar-refractivity contribution in [1.29, 1.82) is 0 Å². The van der Waals surface area contributed by atoms with Gasteiger partial charge in [-0.3, -0.25) is 4.79 Å². The second-order valence-corrected chi connectivity index (χ2v) is 4.50. The molecule has 0 saturated heterocycles.